The zero-order valence-electron chi connectivity index (χ0n) is 10.5. The van der Waals surface area contributed by atoms with E-state index in [2.05, 4.69) is 0 Å². The lowest BCUT2D eigenvalue weighted by Gasteiger charge is -2.04. The molecule has 0 bridgehead atoms. The van der Waals surface area contributed by atoms with Crippen molar-refractivity contribution in [2.75, 3.05) is 0 Å². The Labute approximate surface area is 116 Å². The van der Waals surface area contributed by atoms with E-state index < -0.39 is 0 Å². The highest BCUT2D eigenvalue weighted by atomic mass is 32.2. The van der Waals surface area contributed by atoms with Gasteiger partial charge in [0.15, 0.2) is 0 Å². The fourth-order valence-corrected chi connectivity index (χ4v) is 2.38. The molecule has 0 fully saturated rings. The van der Waals surface area contributed by atoms with Gasteiger partial charge in [-0.2, -0.15) is 0 Å². The number of carbonyl (C=O) groups is 1. The smallest absolute Gasteiger partial charge is 0.308 e. The Kier molecular flexibility index (Phi) is 4.47. The quantitative estimate of drug-likeness (QED) is 0.525. The van der Waals surface area contributed by atoms with Crippen LogP contribution in [0.4, 0.5) is 0 Å². The second kappa shape index (κ2) is 6.29. The highest BCUT2D eigenvalue weighted by Crippen LogP contribution is 2.25. The first-order valence-corrected chi connectivity index (χ1v) is 6.81. The largest absolute Gasteiger partial charge is 0.508 e. The second-order valence-corrected chi connectivity index (χ2v) is 5.07. The molecule has 0 amide bonds. The van der Waals surface area contributed by atoms with Crippen LogP contribution >= 0.6 is 11.8 Å². The summed E-state index contributed by atoms with van der Waals surface area (Å²) in [7, 11) is 0. The molecule has 0 saturated heterocycles. The van der Waals surface area contributed by atoms with Crippen molar-refractivity contribution >= 4 is 17.7 Å². The molecular formula is C15H14O3S. The van der Waals surface area contributed by atoms with Crippen LogP contribution in [-0.4, -0.2) is 11.1 Å². The fraction of sp³-hybridized carbons (Fsp3) is 0.133. The molecular weight excluding hydrogens is 260 g/mol. The minimum atomic E-state index is -0.314. The Hall–Kier alpha value is -1.94. The van der Waals surface area contributed by atoms with Gasteiger partial charge in [0.25, 0.3) is 0 Å². The normalized spacial score (nSPS) is 10.2. The van der Waals surface area contributed by atoms with Crippen LogP contribution in [0.5, 0.6) is 11.5 Å². The third-order valence-electron chi connectivity index (χ3n) is 2.43. The van der Waals surface area contributed by atoms with E-state index in [4.69, 9.17) is 4.74 Å². The maximum atomic E-state index is 10.8. The fourth-order valence-electron chi connectivity index (χ4n) is 1.53. The molecule has 2 rings (SSSR count). The standard InChI is InChI=1S/C15H14O3S/c1-11(16)18-14-6-2-12(3-7-14)10-19-15-8-4-13(17)5-9-15/h2-9,17H,10H2,1H3. The molecule has 0 saturated carbocycles. The first-order valence-electron chi connectivity index (χ1n) is 5.83. The molecule has 2 aromatic carbocycles. The van der Waals surface area contributed by atoms with Crippen LogP contribution in [0.1, 0.15) is 12.5 Å². The zero-order chi connectivity index (χ0) is 13.7. The van der Waals surface area contributed by atoms with Gasteiger partial charge in [0.2, 0.25) is 0 Å². The van der Waals surface area contributed by atoms with E-state index in [0.29, 0.717) is 5.75 Å². The molecule has 1 N–H and O–H groups in total. The number of benzene rings is 2. The van der Waals surface area contributed by atoms with E-state index in [9.17, 15) is 9.90 Å². The molecule has 0 aliphatic rings. The van der Waals surface area contributed by atoms with Crippen LogP contribution in [0, 0.1) is 0 Å². The summed E-state index contributed by atoms with van der Waals surface area (Å²) < 4.78 is 4.97. The van der Waals surface area contributed by atoms with Gasteiger partial charge in [-0.25, -0.2) is 0 Å². The number of thioether (sulfide) groups is 1. The minimum absolute atomic E-state index is 0.273. The Bertz CT molecular complexity index is 547. The van der Waals surface area contributed by atoms with E-state index in [1.165, 1.54) is 6.92 Å². The molecule has 0 aliphatic heterocycles. The highest BCUT2D eigenvalue weighted by Gasteiger charge is 2.00. The van der Waals surface area contributed by atoms with Crippen LogP contribution in [0.2, 0.25) is 0 Å². The van der Waals surface area contributed by atoms with Crippen molar-refractivity contribution in [3.63, 3.8) is 0 Å². The summed E-state index contributed by atoms with van der Waals surface area (Å²) in [5, 5.41) is 9.19. The molecule has 3 nitrogen and oxygen atoms in total. The number of hydrogen-bond acceptors (Lipinski definition) is 4. The molecule has 0 aromatic heterocycles. The molecule has 0 heterocycles. The molecule has 98 valence electrons. The van der Waals surface area contributed by atoms with E-state index in [1.54, 1.807) is 36.0 Å². The van der Waals surface area contributed by atoms with Crippen molar-refractivity contribution in [1.29, 1.82) is 0 Å². The number of phenols is 1. The minimum Gasteiger partial charge on any atom is -0.508 e. The number of carbonyl (C=O) groups excluding carboxylic acids is 1. The van der Waals surface area contributed by atoms with Gasteiger partial charge in [0.05, 0.1) is 0 Å². The Morgan fingerprint density at radius 3 is 2.32 bits per heavy atom. The predicted molar refractivity (Wildman–Crippen MR) is 75.4 cm³/mol. The number of phenolic OH excluding ortho intramolecular Hbond substituents is 1. The number of hydrogen-bond donors (Lipinski definition) is 1. The van der Waals surface area contributed by atoms with Crippen molar-refractivity contribution in [1.82, 2.24) is 0 Å². The lowest BCUT2D eigenvalue weighted by atomic mass is 10.2. The predicted octanol–water partition coefficient (Wildman–Crippen LogP) is 3.61. The second-order valence-electron chi connectivity index (χ2n) is 4.02. The van der Waals surface area contributed by atoms with Gasteiger partial charge in [-0.3, -0.25) is 4.79 Å². The summed E-state index contributed by atoms with van der Waals surface area (Å²) in [6.07, 6.45) is 0. The van der Waals surface area contributed by atoms with Gasteiger partial charge in [0.1, 0.15) is 11.5 Å². The number of ether oxygens (including phenoxy) is 1. The van der Waals surface area contributed by atoms with Crippen LogP contribution < -0.4 is 4.74 Å². The molecule has 19 heavy (non-hydrogen) atoms. The molecule has 0 aliphatic carbocycles. The van der Waals surface area contributed by atoms with Crippen LogP contribution in [0.15, 0.2) is 53.4 Å². The van der Waals surface area contributed by atoms with Gasteiger partial charge in [-0.05, 0) is 42.0 Å². The molecule has 2 aromatic rings. The zero-order valence-corrected chi connectivity index (χ0v) is 11.3. The number of rotatable bonds is 4. The number of aromatic hydroxyl groups is 1. The first kappa shape index (κ1) is 13.5. The highest BCUT2D eigenvalue weighted by molar-refractivity contribution is 7.98. The molecule has 0 unspecified atom stereocenters. The maximum absolute atomic E-state index is 10.8. The molecule has 0 atom stereocenters. The average molecular weight is 274 g/mol. The van der Waals surface area contributed by atoms with Gasteiger partial charge in [-0.1, -0.05) is 12.1 Å². The van der Waals surface area contributed by atoms with Crippen LogP contribution in [0.25, 0.3) is 0 Å². The third kappa shape index (κ3) is 4.34. The van der Waals surface area contributed by atoms with Crippen molar-refractivity contribution in [2.24, 2.45) is 0 Å². The Balaban J connectivity index is 1.92. The summed E-state index contributed by atoms with van der Waals surface area (Å²) in [6, 6.07) is 14.6. The molecule has 4 heteroatoms. The topological polar surface area (TPSA) is 46.5 Å². The lowest BCUT2D eigenvalue weighted by Crippen LogP contribution is -2.00. The molecule has 0 spiro atoms. The van der Waals surface area contributed by atoms with E-state index in [0.717, 1.165) is 16.2 Å². The van der Waals surface area contributed by atoms with Crippen molar-refractivity contribution in [2.45, 2.75) is 17.6 Å². The summed E-state index contributed by atoms with van der Waals surface area (Å²) >= 11 is 1.68. The Morgan fingerprint density at radius 2 is 1.74 bits per heavy atom. The van der Waals surface area contributed by atoms with E-state index >= 15 is 0 Å². The summed E-state index contributed by atoms with van der Waals surface area (Å²) in [5.41, 5.74) is 1.15. The van der Waals surface area contributed by atoms with E-state index in [1.807, 2.05) is 24.3 Å². The van der Waals surface area contributed by atoms with Gasteiger partial charge >= 0.3 is 5.97 Å². The Morgan fingerprint density at radius 1 is 1.11 bits per heavy atom. The van der Waals surface area contributed by atoms with Crippen LogP contribution in [-0.2, 0) is 10.5 Å². The summed E-state index contributed by atoms with van der Waals surface area (Å²) in [5.74, 6) is 1.35. The van der Waals surface area contributed by atoms with Crippen molar-refractivity contribution < 1.29 is 14.6 Å². The van der Waals surface area contributed by atoms with Gasteiger partial charge in [0, 0.05) is 17.6 Å². The van der Waals surface area contributed by atoms with Gasteiger partial charge in [-0.15, -0.1) is 11.8 Å². The lowest BCUT2D eigenvalue weighted by molar-refractivity contribution is -0.131. The first-order chi connectivity index (χ1) is 9.13. The third-order valence-corrected chi connectivity index (χ3v) is 3.51. The maximum Gasteiger partial charge on any atom is 0.308 e. The summed E-state index contributed by atoms with van der Waals surface area (Å²) in [4.78, 5) is 11.9. The van der Waals surface area contributed by atoms with Crippen LogP contribution in [0.3, 0.4) is 0 Å². The SMILES string of the molecule is CC(=O)Oc1ccc(CSc2ccc(O)cc2)cc1. The van der Waals surface area contributed by atoms with Crippen molar-refractivity contribution in [3.8, 4) is 11.5 Å². The average Bonchev–Trinajstić information content (AvgIpc) is 2.39. The number of esters is 1. The van der Waals surface area contributed by atoms with Gasteiger partial charge < -0.3 is 9.84 Å². The van der Waals surface area contributed by atoms with E-state index in [-0.39, 0.29) is 11.7 Å². The monoisotopic (exact) mass is 274 g/mol. The summed E-state index contributed by atoms with van der Waals surface area (Å²) in [6.45, 7) is 1.38. The molecule has 0 radical (unpaired) electrons. The van der Waals surface area contributed by atoms with Crippen molar-refractivity contribution in [3.05, 3.63) is 54.1 Å².